The summed E-state index contributed by atoms with van der Waals surface area (Å²) in [6.45, 7) is 7.16. The second-order valence-electron chi connectivity index (χ2n) is 3.68. The molecular formula is C13H25NO2. The fourth-order valence-electron chi connectivity index (χ4n) is 1.33. The first kappa shape index (κ1) is 15.4. The standard InChI is InChI=1S/C13H25NO2/c1-4-6-7-8-13(14-9-5-2)12-16-11-10-15-3/h13-14H,5,7-12H2,1-3H3. The molecule has 0 aromatic rings. The normalized spacial score (nSPS) is 11.9. The zero-order chi connectivity index (χ0) is 12.1. The Balaban J connectivity index is 3.65. The highest BCUT2D eigenvalue weighted by Crippen LogP contribution is 1.98. The molecule has 94 valence electrons. The van der Waals surface area contributed by atoms with Crippen LogP contribution in [0.1, 0.15) is 33.1 Å². The van der Waals surface area contributed by atoms with Gasteiger partial charge in [0.15, 0.2) is 0 Å². The van der Waals surface area contributed by atoms with Crippen molar-refractivity contribution in [3.63, 3.8) is 0 Å². The average Bonchev–Trinajstić information content (AvgIpc) is 2.31. The van der Waals surface area contributed by atoms with Crippen LogP contribution < -0.4 is 5.32 Å². The van der Waals surface area contributed by atoms with Gasteiger partial charge in [0.05, 0.1) is 19.8 Å². The van der Waals surface area contributed by atoms with E-state index < -0.39 is 0 Å². The third kappa shape index (κ3) is 9.97. The van der Waals surface area contributed by atoms with E-state index in [0.29, 0.717) is 19.3 Å². The molecule has 3 nitrogen and oxygen atoms in total. The van der Waals surface area contributed by atoms with Crippen LogP contribution in [0.4, 0.5) is 0 Å². The number of hydrogen-bond acceptors (Lipinski definition) is 3. The van der Waals surface area contributed by atoms with Crippen molar-refractivity contribution in [1.29, 1.82) is 0 Å². The summed E-state index contributed by atoms with van der Waals surface area (Å²) in [5.74, 6) is 6.00. The highest BCUT2D eigenvalue weighted by molar-refractivity contribution is 4.95. The van der Waals surface area contributed by atoms with E-state index in [9.17, 15) is 0 Å². The Bertz CT molecular complexity index is 196. The molecule has 0 rings (SSSR count). The maximum absolute atomic E-state index is 5.53. The molecule has 1 N–H and O–H groups in total. The smallest absolute Gasteiger partial charge is 0.0701 e. The predicted octanol–water partition coefficient (Wildman–Crippen LogP) is 1.82. The molecule has 0 aliphatic carbocycles. The van der Waals surface area contributed by atoms with Gasteiger partial charge in [-0.1, -0.05) is 6.92 Å². The Labute approximate surface area is 99.9 Å². The van der Waals surface area contributed by atoms with Crippen LogP contribution in [0.2, 0.25) is 0 Å². The van der Waals surface area contributed by atoms with Gasteiger partial charge in [-0.25, -0.2) is 0 Å². The quantitative estimate of drug-likeness (QED) is 0.456. The minimum absolute atomic E-state index is 0.414. The summed E-state index contributed by atoms with van der Waals surface area (Å²) in [4.78, 5) is 0. The Morgan fingerprint density at radius 2 is 2.12 bits per heavy atom. The van der Waals surface area contributed by atoms with E-state index in [-0.39, 0.29) is 0 Å². The molecule has 16 heavy (non-hydrogen) atoms. The minimum Gasteiger partial charge on any atom is -0.382 e. The van der Waals surface area contributed by atoms with Gasteiger partial charge in [-0.3, -0.25) is 0 Å². The van der Waals surface area contributed by atoms with Gasteiger partial charge in [0.1, 0.15) is 0 Å². The van der Waals surface area contributed by atoms with E-state index in [0.717, 1.165) is 32.4 Å². The first-order valence-corrected chi connectivity index (χ1v) is 6.04. The third-order valence-electron chi connectivity index (χ3n) is 2.23. The van der Waals surface area contributed by atoms with Crippen molar-refractivity contribution >= 4 is 0 Å². The summed E-state index contributed by atoms with van der Waals surface area (Å²) in [5.41, 5.74) is 0. The SMILES string of the molecule is CC#CCCC(COCCOC)NCCC. The van der Waals surface area contributed by atoms with Gasteiger partial charge in [0.25, 0.3) is 0 Å². The number of rotatable bonds is 10. The lowest BCUT2D eigenvalue weighted by Gasteiger charge is -2.17. The van der Waals surface area contributed by atoms with Crippen molar-refractivity contribution in [2.45, 2.75) is 39.2 Å². The van der Waals surface area contributed by atoms with Crippen molar-refractivity contribution in [2.24, 2.45) is 0 Å². The fourth-order valence-corrected chi connectivity index (χ4v) is 1.33. The molecule has 0 heterocycles. The zero-order valence-corrected chi connectivity index (χ0v) is 10.8. The Kier molecular flexibility index (Phi) is 12.1. The van der Waals surface area contributed by atoms with E-state index >= 15 is 0 Å². The molecule has 0 saturated heterocycles. The zero-order valence-electron chi connectivity index (χ0n) is 10.8. The molecule has 0 aromatic carbocycles. The van der Waals surface area contributed by atoms with E-state index in [2.05, 4.69) is 24.1 Å². The summed E-state index contributed by atoms with van der Waals surface area (Å²) < 4.78 is 10.5. The van der Waals surface area contributed by atoms with Gasteiger partial charge < -0.3 is 14.8 Å². The molecule has 0 aliphatic heterocycles. The lowest BCUT2D eigenvalue weighted by atomic mass is 10.1. The molecule has 0 amide bonds. The monoisotopic (exact) mass is 227 g/mol. The van der Waals surface area contributed by atoms with Crippen molar-refractivity contribution < 1.29 is 9.47 Å². The molecular weight excluding hydrogens is 202 g/mol. The van der Waals surface area contributed by atoms with Crippen LogP contribution in [0.15, 0.2) is 0 Å². The van der Waals surface area contributed by atoms with Gasteiger partial charge >= 0.3 is 0 Å². The van der Waals surface area contributed by atoms with Crippen molar-refractivity contribution in [1.82, 2.24) is 5.32 Å². The lowest BCUT2D eigenvalue weighted by Crippen LogP contribution is -2.34. The van der Waals surface area contributed by atoms with E-state index in [1.54, 1.807) is 7.11 Å². The van der Waals surface area contributed by atoms with Crippen LogP contribution in [-0.4, -0.2) is 39.5 Å². The largest absolute Gasteiger partial charge is 0.382 e. The Hall–Kier alpha value is -0.560. The van der Waals surface area contributed by atoms with Crippen molar-refractivity contribution in [3.05, 3.63) is 0 Å². The summed E-state index contributed by atoms with van der Waals surface area (Å²) in [7, 11) is 1.69. The average molecular weight is 227 g/mol. The number of hydrogen-bond donors (Lipinski definition) is 1. The third-order valence-corrected chi connectivity index (χ3v) is 2.23. The summed E-state index contributed by atoms with van der Waals surface area (Å²) in [5, 5.41) is 3.47. The topological polar surface area (TPSA) is 30.5 Å². The van der Waals surface area contributed by atoms with Gasteiger partial charge in [-0.05, 0) is 26.3 Å². The molecule has 3 heteroatoms. The van der Waals surface area contributed by atoms with Gasteiger partial charge in [-0.15, -0.1) is 11.8 Å². The van der Waals surface area contributed by atoms with E-state index in [4.69, 9.17) is 9.47 Å². The molecule has 1 atom stereocenters. The maximum Gasteiger partial charge on any atom is 0.0701 e. The molecule has 0 saturated carbocycles. The van der Waals surface area contributed by atoms with Gasteiger partial charge in [-0.2, -0.15) is 0 Å². The molecule has 0 bridgehead atoms. The van der Waals surface area contributed by atoms with Crippen LogP contribution in [0, 0.1) is 11.8 Å². The van der Waals surface area contributed by atoms with Crippen LogP contribution >= 0.6 is 0 Å². The molecule has 0 spiro atoms. The first-order chi connectivity index (χ1) is 7.85. The molecule has 0 fully saturated rings. The fraction of sp³-hybridized carbons (Fsp3) is 0.846. The molecule has 0 radical (unpaired) electrons. The molecule has 1 unspecified atom stereocenters. The molecule has 0 aliphatic rings. The van der Waals surface area contributed by atoms with Gasteiger partial charge in [0.2, 0.25) is 0 Å². The summed E-state index contributed by atoms with van der Waals surface area (Å²) >= 11 is 0. The molecule has 0 aromatic heterocycles. The minimum atomic E-state index is 0.414. The summed E-state index contributed by atoms with van der Waals surface area (Å²) in [6, 6.07) is 0.414. The van der Waals surface area contributed by atoms with Crippen LogP contribution in [0.5, 0.6) is 0 Å². The van der Waals surface area contributed by atoms with Crippen molar-refractivity contribution in [3.8, 4) is 11.8 Å². The first-order valence-electron chi connectivity index (χ1n) is 6.04. The second-order valence-corrected chi connectivity index (χ2v) is 3.68. The van der Waals surface area contributed by atoms with Crippen LogP contribution in [-0.2, 0) is 9.47 Å². The van der Waals surface area contributed by atoms with E-state index in [1.165, 1.54) is 0 Å². The highest BCUT2D eigenvalue weighted by atomic mass is 16.5. The van der Waals surface area contributed by atoms with Gasteiger partial charge in [0, 0.05) is 19.6 Å². The Morgan fingerprint density at radius 3 is 2.75 bits per heavy atom. The van der Waals surface area contributed by atoms with Crippen molar-refractivity contribution in [2.75, 3.05) is 33.5 Å². The number of ether oxygens (including phenoxy) is 2. The predicted molar refractivity (Wildman–Crippen MR) is 67.5 cm³/mol. The second kappa shape index (κ2) is 12.5. The maximum atomic E-state index is 5.53. The number of nitrogens with one attached hydrogen (secondary N) is 1. The van der Waals surface area contributed by atoms with Crippen LogP contribution in [0.3, 0.4) is 0 Å². The lowest BCUT2D eigenvalue weighted by molar-refractivity contribution is 0.0577. The summed E-state index contributed by atoms with van der Waals surface area (Å²) in [6.07, 6.45) is 3.13. The number of methoxy groups -OCH3 is 1. The van der Waals surface area contributed by atoms with E-state index in [1.807, 2.05) is 6.92 Å². The highest BCUT2D eigenvalue weighted by Gasteiger charge is 2.06. The van der Waals surface area contributed by atoms with Crippen LogP contribution in [0.25, 0.3) is 0 Å². The Morgan fingerprint density at radius 1 is 1.31 bits per heavy atom.